The first-order valence-electron chi connectivity index (χ1n) is 4.94. The average molecular weight is 198 g/mol. The third-order valence-electron chi connectivity index (χ3n) is 2.76. The third-order valence-corrected chi connectivity index (χ3v) is 2.76. The molecule has 0 aromatic carbocycles. The van der Waals surface area contributed by atoms with Gasteiger partial charge in [-0.3, -0.25) is 14.5 Å². The molecule has 1 amide bonds. The maximum atomic E-state index is 11.5. The van der Waals surface area contributed by atoms with Crippen LogP contribution < -0.4 is 5.32 Å². The summed E-state index contributed by atoms with van der Waals surface area (Å²) in [5.41, 5.74) is 0. The number of nitrogens with one attached hydrogen (secondary N) is 1. The van der Waals surface area contributed by atoms with Gasteiger partial charge in [-0.15, -0.1) is 0 Å². The predicted molar refractivity (Wildman–Crippen MR) is 48.8 cm³/mol. The number of hydrogen-bond acceptors (Lipinski definition) is 3. The highest BCUT2D eigenvalue weighted by atomic mass is 16.4. The molecule has 2 N–H and O–H groups in total. The summed E-state index contributed by atoms with van der Waals surface area (Å²) in [6.07, 6.45) is 2.12. The lowest BCUT2D eigenvalue weighted by Crippen LogP contribution is -2.56. The van der Waals surface area contributed by atoms with Gasteiger partial charge in [0.1, 0.15) is 0 Å². The molecule has 0 aromatic rings. The zero-order chi connectivity index (χ0) is 10.1. The Morgan fingerprint density at radius 3 is 2.86 bits per heavy atom. The molecule has 2 aliphatic rings. The Labute approximate surface area is 82.1 Å². The SMILES string of the molecule is O=C(O)CC1C(=O)NCCN1C1CC1. The Morgan fingerprint density at radius 2 is 2.29 bits per heavy atom. The molecular formula is C9H14N2O3. The molecular weight excluding hydrogens is 184 g/mol. The van der Waals surface area contributed by atoms with Crippen molar-refractivity contribution in [1.29, 1.82) is 0 Å². The van der Waals surface area contributed by atoms with Crippen LogP contribution in [-0.2, 0) is 9.59 Å². The second kappa shape index (κ2) is 3.57. The van der Waals surface area contributed by atoms with Crippen LogP contribution >= 0.6 is 0 Å². The van der Waals surface area contributed by atoms with Gasteiger partial charge in [0.25, 0.3) is 0 Å². The van der Waals surface area contributed by atoms with Gasteiger partial charge < -0.3 is 10.4 Å². The van der Waals surface area contributed by atoms with Crippen LogP contribution in [0, 0.1) is 0 Å². The number of rotatable bonds is 3. The van der Waals surface area contributed by atoms with Crippen LogP contribution in [0.3, 0.4) is 0 Å². The normalized spacial score (nSPS) is 28.6. The summed E-state index contributed by atoms with van der Waals surface area (Å²) in [5, 5.41) is 11.4. The van der Waals surface area contributed by atoms with Gasteiger partial charge in [-0.05, 0) is 12.8 Å². The lowest BCUT2D eigenvalue weighted by molar-refractivity contribution is -0.143. The Bertz CT molecular complexity index is 263. The number of nitrogens with zero attached hydrogens (tertiary/aromatic N) is 1. The van der Waals surface area contributed by atoms with Gasteiger partial charge >= 0.3 is 5.97 Å². The number of amides is 1. The first-order valence-corrected chi connectivity index (χ1v) is 4.94. The molecule has 1 atom stereocenters. The van der Waals surface area contributed by atoms with Crippen molar-refractivity contribution >= 4 is 11.9 Å². The van der Waals surface area contributed by atoms with Gasteiger partial charge in [-0.2, -0.15) is 0 Å². The van der Waals surface area contributed by atoms with Crippen LogP contribution in [0.1, 0.15) is 19.3 Å². The molecule has 14 heavy (non-hydrogen) atoms. The molecule has 2 fully saturated rings. The van der Waals surface area contributed by atoms with Crippen molar-refractivity contribution in [3.05, 3.63) is 0 Å². The molecule has 2 rings (SSSR count). The van der Waals surface area contributed by atoms with Crippen LogP contribution in [0.15, 0.2) is 0 Å². The van der Waals surface area contributed by atoms with Crippen LogP contribution in [0.5, 0.6) is 0 Å². The number of carboxylic acid groups (broad SMARTS) is 1. The van der Waals surface area contributed by atoms with Crippen molar-refractivity contribution in [3.8, 4) is 0 Å². The summed E-state index contributed by atoms with van der Waals surface area (Å²) >= 11 is 0. The van der Waals surface area contributed by atoms with Crippen LogP contribution in [0.2, 0.25) is 0 Å². The van der Waals surface area contributed by atoms with E-state index in [1.54, 1.807) is 0 Å². The lowest BCUT2D eigenvalue weighted by atomic mass is 10.1. The highest BCUT2D eigenvalue weighted by Gasteiger charge is 2.40. The largest absolute Gasteiger partial charge is 0.481 e. The highest BCUT2D eigenvalue weighted by molar-refractivity contribution is 5.86. The van der Waals surface area contributed by atoms with E-state index in [9.17, 15) is 9.59 Å². The Balaban J connectivity index is 2.04. The Morgan fingerprint density at radius 1 is 1.57 bits per heavy atom. The minimum absolute atomic E-state index is 0.0810. The van der Waals surface area contributed by atoms with Gasteiger partial charge in [0, 0.05) is 19.1 Å². The minimum atomic E-state index is -0.905. The van der Waals surface area contributed by atoms with E-state index in [0.29, 0.717) is 12.6 Å². The molecule has 78 valence electrons. The van der Waals surface area contributed by atoms with Crippen molar-refractivity contribution in [2.24, 2.45) is 0 Å². The molecule has 1 aliphatic heterocycles. The highest BCUT2D eigenvalue weighted by Crippen LogP contribution is 2.30. The molecule has 0 radical (unpaired) electrons. The van der Waals surface area contributed by atoms with Crippen molar-refractivity contribution in [2.75, 3.05) is 13.1 Å². The molecule has 5 heteroatoms. The third kappa shape index (κ3) is 1.87. The van der Waals surface area contributed by atoms with Crippen LogP contribution in [-0.4, -0.2) is 47.1 Å². The number of piperazine rings is 1. The van der Waals surface area contributed by atoms with Crippen molar-refractivity contribution in [1.82, 2.24) is 10.2 Å². The van der Waals surface area contributed by atoms with E-state index < -0.39 is 12.0 Å². The maximum Gasteiger partial charge on any atom is 0.305 e. The minimum Gasteiger partial charge on any atom is -0.481 e. The molecule has 1 aliphatic carbocycles. The fraction of sp³-hybridized carbons (Fsp3) is 0.778. The van der Waals surface area contributed by atoms with E-state index in [0.717, 1.165) is 19.4 Å². The van der Waals surface area contributed by atoms with Crippen molar-refractivity contribution in [2.45, 2.75) is 31.3 Å². The maximum absolute atomic E-state index is 11.5. The number of aliphatic carboxylic acids is 1. The number of carbonyl (C=O) groups excluding carboxylic acids is 1. The summed E-state index contributed by atoms with van der Waals surface area (Å²) < 4.78 is 0. The fourth-order valence-electron chi connectivity index (χ4n) is 1.95. The first-order chi connectivity index (χ1) is 6.68. The summed E-state index contributed by atoms with van der Waals surface area (Å²) in [5.74, 6) is -1.04. The molecule has 1 heterocycles. The lowest BCUT2D eigenvalue weighted by Gasteiger charge is -2.34. The summed E-state index contributed by atoms with van der Waals surface area (Å²) in [6, 6.07) is -0.000787. The summed E-state index contributed by atoms with van der Waals surface area (Å²) in [7, 11) is 0. The van der Waals surface area contributed by atoms with E-state index in [4.69, 9.17) is 5.11 Å². The zero-order valence-corrected chi connectivity index (χ0v) is 7.90. The topological polar surface area (TPSA) is 69.6 Å². The van der Waals surface area contributed by atoms with E-state index in [-0.39, 0.29) is 12.3 Å². The number of carboxylic acids is 1. The van der Waals surface area contributed by atoms with E-state index >= 15 is 0 Å². The second-order valence-electron chi connectivity index (χ2n) is 3.87. The van der Waals surface area contributed by atoms with Gasteiger partial charge in [-0.1, -0.05) is 0 Å². The average Bonchev–Trinajstić information content (AvgIpc) is 2.90. The summed E-state index contributed by atoms with van der Waals surface area (Å²) in [6.45, 7) is 1.43. The van der Waals surface area contributed by atoms with E-state index in [1.165, 1.54) is 0 Å². The quantitative estimate of drug-likeness (QED) is 0.636. The molecule has 0 aromatic heterocycles. The predicted octanol–water partition coefficient (Wildman–Crippen LogP) is -0.576. The first kappa shape index (κ1) is 9.45. The molecule has 1 unspecified atom stereocenters. The van der Waals surface area contributed by atoms with Gasteiger partial charge in [0.05, 0.1) is 12.5 Å². The van der Waals surface area contributed by atoms with Gasteiger partial charge in [0.2, 0.25) is 5.91 Å². The number of hydrogen-bond donors (Lipinski definition) is 2. The van der Waals surface area contributed by atoms with Crippen LogP contribution in [0.4, 0.5) is 0 Å². The molecule has 1 saturated carbocycles. The van der Waals surface area contributed by atoms with Crippen LogP contribution in [0.25, 0.3) is 0 Å². The van der Waals surface area contributed by atoms with Crippen molar-refractivity contribution in [3.63, 3.8) is 0 Å². The second-order valence-corrected chi connectivity index (χ2v) is 3.87. The standard InChI is InChI=1S/C9H14N2O3/c12-8(13)5-7-9(14)10-3-4-11(7)6-1-2-6/h6-7H,1-5H2,(H,10,14)(H,12,13). The fourth-order valence-corrected chi connectivity index (χ4v) is 1.95. The zero-order valence-electron chi connectivity index (χ0n) is 7.90. The summed E-state index contributed by atoms with van der Waals surface area (Å²) in [4.78, 5) is 24.1. The monoisotopic (exact) mass is 198 g/mol. The Kier molecular flexibility index (Phi) is 2.41. The smallest absolute Gasteiger partial charge is 0.305 e. The molecule has 1 saturated heterocycles. The van der Waals surface area contributed by atoms with Gasteiger partial charge in [0.15, 0.2) is 0 Å². The number of carbonyl (C=O) groups is 2. The van der Waals surface area contributed by atoms with E-state index in [1.807, 2.05) is 4.90 Å². The van der Waals surface area contributed by atoms with E-state index in [2.05, 4.69) is 5.32 Å². The van der Waals surface area contributed by atoms with Gasteiger partial charge in [-0.25, -0.2) is 0 Å². The van der Waals surface area contributed by atoms with Crippen molar-refractivity contribution < 1.29 is 14.7 Å². The molecule has 0 spiro atoms. The Hall–Kier alpha value is -1.10. The molecule has 5 nitrogen and oxygen atoms in total. The molecule has 0 bridgehead atoms.